The third-order valence-corrected chi connectivity index (χ3v) is 2.75. The molecule has 0 spiro atoms. The molecule has 16 heavy (non-hydrogen) atoms. The summed E-state index contributed by atoms with van der Waals surface area (Å²) in [5, 5.41) is 2.84. The highest BCUT2D eigenvalue weighted by Gasteiger charge is 2.22. The fraction of sp³-hybridized carbons (Fsp3) is 0.417. The van der Waals surface area contributed by atoms with E-state index < -0.39 is 5.54 Å². The summed E-state index contributed by atoms with van der Waals surface area (Å²) in [5.41, 5.74) is 5.62. The molecule has 0 saturated heterocycles. The molecule has 0 aliphatic heterocycles. The Kier molecular flexibility index (Phi) is 4.01. The van der Waals surface area contributed by atoms with Gasteiger partial charge in [-0.15, -0.1) is 0 Å². The molecule has 3 N–H and O–H groups in total. The van der Waals surface area contributed by atoms with E-state index in [9.17, 15) is 9.18 Å². The lowest BCUT2D eigenvalue weighted by Crippen LogP contribution is -2.50. The van der Waals surface area contributed by atoms with Gasteiger partial charge in [-0.3, -0.25) is 4.79 Å². The molecule has 1 unspecified atom stereocenters. The van der Waals surface area contributed by atoms with E-state index >= 15 is 0 Å². The number of benzene rings is 1. The third kappa shape index (κ3) is 3.03. The molecule has 1 aromatic carbocycles. The lowest BCUT2D eigenvalue weighted by molar-refractivity contribution is 0.0906. The minimum atomic E-state index is -0.411. The molecule has 88 valence electrons. The van der Waals surface area contributed by atoms with Crippen molar-refractivity contribution >= 4 is 5.91 Å². The van der Waals surface area contributed by atoms with Crippen molar-refractivity contribution in [3.8, 4) is 0 Å². The molecular formula is C12H17FN2O. The van der Waals surface area contributed by atoms with Gasteiger partial charge in [0.1, 0.15) is 5.82 Å². The van der Waals surface area contributed by atoms with E-state index in [2.05, 4.69) is 5.32 Å². The SMILES string of the molecule is CCC(C)(CN)NC(=O)c1ccc(F)cc1. The number of nitrogens with one attached hydrogen (secondary N) is 1. The van der Waals surface area contributed by atoms with Gasteiger partial charge in [0.15, 0.2) is 0 Å². The monoisotopic (exact) mass is 224 g/mol. The average Bonchev–Trinajstić information content (AvgIpc) is 2.29. The number of hydrogen-bond acceptors (Lipinski definition) is 2. The number of amides is 1. The first kappa shape index (κ1) is 12.6. The molecule has 0 saturated carbocycles. The van der Waals surface area contributed by atoms with Crippen molar-refractivity contribution in [2.75, 3.05) is 6.54 Å². The van der Waals surface area contributed by atoms with Crippen molar-refractivity contribution in [2.24, 2.45) is 5.73 Å². The number of rotatable bonds is 4. The van der Waals surface area contributed by atoms with Gasteiger partial charge < -0.3 is 11.1 Å². The maximum absolute atomic E-state index is 12.7. The van der Waals surface area contributed by atoms with Gasteiger partial charge in [-0.2, -0.15) is 0 Å². The van der Waals surface area contributed by atoms with Crippen LogP contribution in [0.5, 0.6) is 0 Å². The van der Waals surface area contributed by atoms with Gasteiger partial charge in [-0.25, -0.2) is 4.39 Å². The van der Waals surface area contributed by atoms with E-state index in [1.165, 1.54) is 24.3 Å². The van der Waals surface area contributed by atoms with Crippen LogP contribution < -0.4 is 11.1 Å². The van der Waals surface area contributed by atoms with E-state index in [1.807, 2.05) is 13.8 Å². The minimum absolute atomic E-state index is 0.227. The smallest absolute Gasteiger partial charge is 0.251 e. The second kappa shape index (κ2) is 5.07. The highest BCUT2D eigenvalue weighted by molar-refractivity contribution is 5.94. The molecular weight excluding hydrogens is 207 g/mol. The van der Waals surface area contributed by atoms with Crippen molar-refractivity contribution in [2.45, 2.75) is 25.8 Å². The zero-order chi connectivity index (χ0) is 12.2. The van der Waals surface area contributed by atoms with Crippen LogP contribution in [0.25, 0.3) is 0 Å². The summed E-state index contributed by atoms with van der Waals surface area (Å²) in [4.78, 5) is 11.8. The fourth-order valence-electron chi connectivity index (χ4n) is 1.23. The van der Waals surface area contributed by atoms with Crippen LogP contribution in [-0.4, -0.2) is 18.0 Å². The molecule has 0 aliphatic carbocycles. The Labute approximate surface area is 94.8 Å². The van der Waals surface area contributed by atoms with Crippen molar-refractivity contribution in [1.29, 1.82) is 0 Å². The van der Waals surface area contributed by atoms with Gasteiger partial charge in [0.2, 0.25) is 0 Å². The highest BCUT2D eigenvalue weighted by atomic mass is 19.1. The number of carbonyl (C=O) groups excluding carboxylic acids is 1. The molecule has 4 heteroatoms. The molecule has 1 amide bonds. The molecule has 3 nitrogen and oxygen atoms in total. The van der Waals surface area contributed by atoms with Gasteiger partial charge in [-0.05, 0) is 37.6 Å². The zero-order valence-corrected chi connectivity index (χ0v) is 9.59. The number of nitrogens with two attached hydrogens (primary N) is 1. The van der Waals surface area contributed by atoms with Gasteiger partial charge >= 0.3 is 0 Å². The summed E-state index contributed by atoms with van der Waals surface area (Å²) in [6.45, 7) is 4.21. The quantitative estimate of drug-likeness (QED) is 0.817. The lowest BCUT2D eigenvalue weighted by Gasteiger charge is -2.27. The maximum atomic E-state index is 12.7. The first-order valence-electron chi connectivity index (χ1n) is 5.29. The van der Waals surface area contributed by atoms with Gasteiger partial charge in [-0.1, -0.05) is 6.92 Å². The van der Waals surface area contributed by atoms with E-state index in [1.54, 1.807) is 0 Å². The van der Waals surface area contributed by atoms with Crippen molar-refractivity contribution < 1.29 is 9.18 Å². The van der Waals surface area contributed by atoms with Crippen LogP contribution in [0.1, 0.15) is 30.6 Å². The summed E-state index contributed by atoms with van der Waals surface area (Å²) in [6.07, 6.45) is 0.746. The van der Waals surface area contributed by atoms with Crippen molar-refractivity contribution in [3.63, 3.8) is 0 Å². The molecule has 0 bridgehead atoms. The molecule has 0 aliphatic rings. The first-order chi connectivity index (χ1) is 7.50. The predicted molar refractivity (Wildman–Crippen MR) is 61.6 cm³/mol. The van der Waals surface area contributed by atoms with Crippen LogP contribution in [0.2, 0.25) is 0 Å². The number of carbonyl (C=O) groups is 1. The predicted octanol–water partition coefficient (Wildman–Crippen LogP) is 1.68. The van der Waals surface area contributed by atoms with Crippen LogP contribution in [0.4, 0.5) is 4.39 Å². The third-order valence-electron chi connectivity index (χ3n) is 2.75. The Bertz CT molecular complexity index is 358. The number of halogens is 1. The standard InChI is InChI=1S/C12H17FN2O/c1-3-12(2,8-14)15-11(16)9-4-6-10(13)7-5-9/h4-7H,3,8,14H2,1-2H3,(H,15,16). The van der Waals surface area contributed by atoms with Crippen LogP contribution in [-0.2, 0) is 0 Å². The molecule has 0 fully saturated rings. The number of hydrogen-bond donors (Lipinski definition) is 2. The van der Waals surface area contributed by atoms with Crippen molar-refractivity contribution in [3.05, 3.63) is 35.6 Å². The van der Waals surface area contributed by atoms with Gasteiger partial charge in [0.05, 0.1) is 0 Å². The highest BCUT2D eigenvalue weighted by Crippen LogP contribution is 2.09. The largest absolute Gasteiger partial charge is 0.346 e. The van der Waals surface area contributed by atoms with E-state index in [4.69, 9.17) is 5.73 Å². The van der Waals surface area contributed by atoms with Crippen LogP contribution in [0, 0.1) is 5.82 Å². The van der Waals surface area contributed by atoms with E-state index in [0.717, 1.165) is 6.42 Å². The Morgan fingerprint density at radius 2 is 2.00 bits per heavy atom. The summed E-state index contributed by atoms with van der Waals surface area (Å²) >= 11 is 0. The average molecular weight is 224 g/mol. The van der Waals surface area contributed by atoms with Gasteiger partial charge in [0.25, 0.3) is 5.91 Å². The second-order valence-corrected chi connectivity index (χ2v) is 4.08. The Morgan fingerprint density at radius 1 is 1.44 bits per heavy atom. The fourth-order valence-corrected chi connectivity index (χ4v) is 1.23. The Hall–Kier alpha value is -1.42. The first-order valence-corrected chi connectivity index (χ1v) is 5.29. The molecule has 1 aromatic rings. The summed E-state index contributed by atoms with van der Waals surface area (Å²) < 4.78 is 12.7. The molecule has 0 aromatic heterocycles. The topological polar surface area (TPSA) is 55.1 Å². The summed E-state index contributed by atoms with van der Waals surface area (Å²) in [7, 11) is 0. The van der Waals surface area contributed by atoms with Crippen LogP contribution in [0.3, 0.4) is 0 Å². The van der Waals surface area contributed by atoms with Gasteiger partial charge in [0, 0.05) is 17.6 Å². The van der Waals surface area contributed by atoms with Crippen LogP contribution >= 0.6 is 0 Å². The van der Waals surface area contributed by atoms with Crippen molar-refractivity contribution in [1.82, 2.24) is 5.32 Å². The Balaban J connectivity index is 2.76. The van der Waals surface area contributed by atoms with E-state index in [-0.39, 0.29) is 11.7 Å². The maximum Gasteiger partial charge on any atom is 0.251 e. The van der Waals surface area contributed by atoms with Crippen LogP contribution in [0.15, 0.2) is 24.3 Å². The molecule has 1 rings (SSSR count). The molecule has 1 atom stereocenters. The molecule has 0 radical (unpaired) electrons. The second-order valence-electron chi connectivity index (χ2n) is 4.08. The minimum Gasteiger partial charge on any atom is -0.346 e. The Morgan fingerprint density at radius 3 is 2.44 bits per heavy atom. The summed E-state index contributed by atoms with van der Waals surface area (Å²) in [5.74, 6) is -0.580. The lowest BCUT2D eigenvalue weighted by atomic mass is 9.98. The summed E-state index contributed by atoms with van der Waals surface area (Å²) in [6, 6.07) is 5.44. The molecule has 0 heterocycles. The zero-order valence-electron chi connectivity index (χ0n) is 9.59. The normalized spacial score (nSPS) is 14.2. The van der Waals surface area contributed by atoms with E-state index in [0.29, 0.717) is 12.1 Å².